The highest BCUT2D eigenvalue weighted by molar-refractivity contribution is 5.57. The fraction of sp³-hybridized carbons (Fsp3) is 0.600. The third kappa shape index (κ3) is 2.02. The van der Waals surface area contributed by atoms with E-state index in [9.17, 15) is 0 Å². The van der Waals surface area contributed by atoms with Crippen LogP contribution in [0.25, 0.3) is 0 Å². The van der Waals surface area contributed by atoms with E-state index in [1.54, 1.807) is 0 Å². The molecule has 1 aromatic rings. The van der Waals surface area contributed by atoms with Gasteiger partial charge in [0.15, 0.2) is 5.82 Å². The molecule has 5 heteroatoms. The van der Waals surface area contributed by atoms with Crippen molar-refractivity contribution < 1.29 is 0 Å². The molecule has 1 aliphatic heterocycles. The molecule has 1 aromatic heterocycles. The van der Waals surface area contributed by atoms with Crippen molar-refractivity contribution in [3.05, 3.63) is 11.8 Å². The molecule has 0 bridgehead atoms. The van der Waals surface area contributed by atoms with Gasteiger partial charge in [-0.15, -0.1) is 5.10 Å². The van der Waals surface area contributed by atoms with E-state index in [0.29, 0.717) is 17.5 Å². The van der Waals surface area contributed by atoms with Crippen LogP contribution in [0.1, 0.15) is 31.0 Å². The summed E-state index contributed by atoms with van der Waals surface area (Å²) in [4.78, 5) is 2.29. The molecule has 0 aromatic carbocycles. The highest BCUT2D eigenvalue weighted by Gasteiger charge is 2.22. The molecule has 15 heavy (non-hydrogen) atoms. The van der Waals surface area contributed by atoms with Crippen LogP contribution < -0.4 is 11.5 Å². The molecule has 0 radical (unpaired) electrons. The molecule has 2 heterocycles. The first-order valence-electron chi connectivity index (χ1n) is 5.27. The number of rotatable bonds is 1. The Kier molecular flexibility index (Phi) is 2.73. The average molecular weight is 207 g/mol. The minimum Gasteiger partial charge on any atom is -0.396 e. The van der Waals surface area contributed by atoms with Gasteiger partial charge < -0.3 is 11.5 Å². The molecule has 1 atom stereocenters. The number of nitrogens with two attached hydrogens (primary N) is 2. The second-order valence-corrected chi connectivity index (χ2v) is 4.10. The lowest BCUT2D eigenvalue weighted by atomic mass is 10.00. The lowest BCUT2D eigenvalue weighted by molar-refractivity contribution is 0.183. The Morgan fingerprint density at radius 2 is 2.13 bits per heavy atom. The van der Waals surface area contributed by atoms with E-state index in [-0.39, 0.29) is 0 Å². The van der Waals surface area contributed by atoms with E-state index in [0.717, 1.165) is 18.7 Å². The largest absolute Gasteiger partial charge is 0.396 e. The van der Waals surface area contributed by atoms with E-state index in [1.807, 2.05) is 6.07 Å². The fourth-order valence-corrected chi connectivity index (χ4v) is 2.04. The number of hydrogen-bond donors (Lipinski definition) is 2. The first-order chi connectivity index (χ1) is 7.18. The Hall–Kier alpha value is -1.36. The quantitative estimate of drug-likeness (QED) is 0.711. The van der Waals surface area contributed by atoms with Crippen LogP contribution in [0, 0.1) is 0 Å². The predicted molar refractivity (Wildman–Crippen MR) is 60.1 cm³/mol. The van der Waals surface area contributed by atoms with Gasteiger partial charge in [0.25, 0.3) is 0 Å². The van der Waals surface area contributed by atoms with Crippen LogP contribution in [0.2, 0.25) is 0 Å². The zero-order valence-electron chi connectivity index (χ0n) is 8.98. The highest BCUT2D eigenvalue weighted by atomic mass is 15.2. The Bertz CT molecular complexity index is 352. The second kappa shape index (κ2) is 4.02. The topological polar surface area (TPSA) is 81.1 Å². The standard InChI is InChI=1S/C10H17N5/c1-15-5-3-2-4-9(15)8-6-7(11)10(12)14-13-8/h6,9H,2-5H2,1H3,(H2,11,13)(H2,12,14). The maximum Gasteiger partial charge on any atom is 0.169 e. The van der Waals surface area contributed by atoms with Gasteiger partial charge in [0, 0.05) is 0 Å². The number of hydrogen-bond acceptors (Lipinski definition) is 5. The van der Waals surface area contributed by atoms with Gasteiger partial charge in [-0.25, -0.2) is 0 Å². The summed E-state index contributed by atoms with van der Waals surface area (Å²) < 4.78 is 0. The molecular formula is C10H17N5. The van der Waals surface area contributed by atoms with Gasteiger partial charge in [0.1, 0.15) is 0 Å². The van der Waals surface area contributed by atoms with Crippen molar-refractivity contribution in [2.24, 2.45) is 0 Å². The molecule has 1 fully saturated rings. The zero-order valence-corrected chi connectivity index (χ0v) is 8.98. The first-order valence-corrected chi connectivity index (χ1v) is 5.27. The van der Waals surface area contributed by atoms with Crippen molar-refractivity contribution in [3.63, 3.8) is 0 Å². The Balaban J connectivity index is 2.24. The lowest BCUT2D eigenvalue weighted by Gasteiger charge is -2.31. The molecule has 2 rings (SSSR count). The summed E-state index contributed by atoms with van der Waals surface area (Å²) in [7, 11) is 2.11. The van der Waals surface area contributed by atoms with Gasteiger partial charge in [-0.3, -0.25) is 4.90 Å². The summed E-state index contributed by atoms with van der Waals surface area (Å²) in [6.07, 6.45) is 3.61. The van der Waals surface area contributed by atoms with E-state index >= 15 is 0 Å². The maximum absolute atomic E-state index is 5.73. The van der Waals surface area contributed by atoms with Gasteiger partial charge in [0.05, 0.1) is 17.4 Å². The average Bonchev–Trinajstić information content (AvgIpc) is 2.23. The van der Waals surface area contributed by atoms with Crippen LogP contribution >= 0.6 is 0 Å². The maximum atomic E-state index is 5.73. The first kappa shape index (κ1) is 10.2. The van der Waals surface area contributed by atoms with Crippen molar-refractivity contribution in [2.45, 2.75) is 25.3 Å². The number of likely N-dealkylation sites (tertiary alicyclic amines) is 1. The predicted octanol–water partition coefficient (Wildman–Crippen LogP) is 0.798. The molecule has 0 saturated carbocycles. The molecule has 82 valence electrons. The molecule has 5 nitrogen and oxygen atoms in total. The van der Waals surface area contributed by atoms with Crippen molar-refractivity contribution >= 4 is 11.5 Å². The summed E-state index contributed by atoms with van der Waals surface area (Å²) in [6, 6.07) is 2.18. The summed E-state index contributed by atoms with van der Waals surface area (Å²) in [5.41, 5.74) is 12.7. The zero-order chi connectivity index (χ0) is 10.8. The van der Waals surface area contributed by atoms with Crippen LogP contribution in [0.15, 0.2) is 6.07 Å². The Morgan fingerprint density at radius 1 is 1.33 bits per heavy atom. The van der Waals surface area contributed by atoms with Crippen LogP contribution in [0.5, 0.6) is 0 Å². The Morgan fingerprint density at radius 3 is 2.80 bits per heavy atom. The number of nitrogen functional groups attached to an aromatic ring is 2. The monoisotopic (exact) mass is 207 g/mol. The van der Waals surface area contributed by atoms with Crippen molar-refractivity contribution in [1.29, 1.82) is 0 Å². The minimum absolute atomic E-state index is 0.317. The van der Waals surface area contributed by atoms with Crippen LogP contribution in [-0.2, 0) is 0 Å². The van der Waals surface area contributed by atoms with E-state index in [1.165, 1.54) is 12.8 Å². The molecule has 1 aliphatic rings. The van der Waals surface area contributed by atoms with Crippen molar-refractivity contribution in [2.75, 3.05) is 25.1 Å². The summed E-state index contributed by atoms with van der Waals surface area (Å²) in [5.74, 6) is 0.317. The van der Waals surface area contributed by atoms with Gasteiger partial charge in [0.2, 0.25) is 0 Å². The highest BCUT2D eigenvalue weighted by Crippen LogP contribution is 2.29. The lowest BCUT2D eigenvalue weighted by Crippen LogP contribution is -2.30. The molecule has 1 saturated heterocycles. The van der Waals surface area contributed by atoms with E-state index < -0.39 is 0 Å². The number of nitrogens with zero attached hydrogens (tertiary/aromatic N) is 3. The number of anilines is 2. The normalized spacial score (nSPS) is 22.9. The fourth-order valence-electron chi connectivity index (χ4n) is 2.04. The van der Waals surface area contributed by atoms with Gasteiger partial charge in [-0.05, 0) is 32.5 Å². The second-order valence-electron chi connectivity index (χ2n) is 4.10. The van der Waals surface area contributed by atoms with E-state index in [4.69, 9.17) is 11.5 Å². The third-order valence-corrected chi connectivity index (χ3v) is 2.98. The molecular weight excluding hydrogens is 190 g/mol. The van der Waals surface area contributed by atoms with Crippen molar-refractivity contribution in [3.8, 4) is 0 Å². The number of piperidine rings is 1. The molecule has 1 unspecified atom stereocenters. The van der Waals surface area contributed by atoms with Gasteiger partial charge in [-0.2, -0.15) is 5.10 Å². The van der Waals surface area contributed by atoms with Gasteiger partial charge in [-0.1, -0.05) is 6.42 Å². The SMILES string of the molecule is CN1CCCCC1c1cc(N)c(N)nn1. The third-order valence-electron chi connectivity index (χ3n) is 2.98. The van der Waals surface area contributed by atoms with Crippen LogP contribution in [0.4, 0.5) is 11.5 Å². The molecule has 0 amide bonds. The van der Waals surface area contributed by atoms with Crippen LogP contribution in [0.3, 0.4) is 0 Å². The summed E-state index contributed by atoms with van der Waals surface area (Å²) >= 11 is 0. The van der Waals surface area contributed by atoms with Gasteiger partial charge >= 0.3 is 0 Å². The van der Waals surface area contributed by atoms with E-state index in [2.05, 4.69) is 22.1 Å². The summed E-state index contributed by atoms with van der Waals surface area (Å²) in [5, 5.41) is 7.98. The minimum atomic E-state index is 0.317. The molecule has 4 N–H and O–H groups in total. The molecule has 0 aliphatic carbocycles. The van der Waals surface area contributed by atoms with Crippen molar-refractivity contribution in [1.82, 2.24) is 15.1 Å². The smallest absolute Gasteiger partial charge is 0.169 e. The van der Waals surface area contributed by atoms with Crippen LogP contribution in [-0.4, -0.2) is 28.7 Å². The summed E-state index contributed by atoms with van der Waals surface area (Å²) in [6.45, 7) is 1.11. The Labute approximate surface area is 89.5 Å². The molecule has 0 spiro atoms. The number of aromatic nitrogens is 2.